The largest absolute Gasteiger partial charge is 0.335 e. The van der Waals surface area contributed by atoms with Crippen molar-refractivity contribution in [1.29, 1.82) is 0 Å². The zero-order chi connectivity index (χ0) is 16.3. The van der Waals surface area contributed by atoms with Crippen molar-refractivity contribution < 1.29 is 18.0 Å². The lowest BCUT2D eigenvalue weighted by Gasteiger charge is -2.27. The maximum Gasteiger partial charge on any atom is 0.254 e. The molecule has 1 atom stereocenters. The molecule has 1 aliphatic rings. The molecule has 1 saturated heterocycles. The number of benzene rings is 1. The molecular weight excluding hydrogens is 304 g/mol. The minimum atomic E-state index is -3.04. The van der Waals surface area contributed by atoms with Gasteiger partial charge in [-0.3, -0.25) is 9.59 Å². The Balaban J connectivity index is 2.20. The van der Waals surface area contributed by atoms with E-state index in [0.717, 1.165) is 0 Å². The van der Waals surface area contributed by atoms with Crippen LogP contribution in [0.25, 0.3) is 0 Å². The standard InChI is InChI=1S/C15H20N2O4S/c1-3-17(14-7-8-22(20,21)10-14)15(19)12-5-4-6-13(9-12)16-11(2)18/h4-6,9,14H,3,7-8,10H2,1-2H3,(H,16,18). The molecule has 1 N–H and O–H groups in total. The molecule has 1 unspecified atom stereocenters. The summed E-state index contributed by atoms with van der Waals surface area (Å²) in [6.07, 6.45) is 0.479. The smallest absolute Gasteiger partial charge is 0.254 e. The first-order valence-corrected chi connectivity index (χ1v) is 9.03. The molecule has 0 aliphatic carbocycles. The number of carbonyl (C=O) groups is 2. The normalized spacial score (nSPS) is 19.6. The van der Waals surface area contributed by atoms with Crippen LogP contribution in [0.5, 0.6) is 0 Å². The van der Waals surface area contributed by atoms with Crippen LogP contribution in [-0.2, 0) is 14.6 Å². The van der Waals surface area contributed by atoms with Gasteiger partial charge >= 0.3 is 0 Å². The van der Waals surface area contributed by atoms with Crippen molar-refractivity contribution in [3.63, 3.8) is 0 Å². The molecule has 2 rings (SSSR count). The van der Waals surface area contributed by atoms with Gasteiger partial charge in [-0.2, -0.15) is 0 Å². The summed E-state index contributed by atoms with van der Waals surface area (Å²) in [6.45, 7) is 3.68. The Bertz CT molecular complexity index is 685. The summed E-state index contributed by atoms with van der Waals surface area (Å²) in [6, 6.07) is 6.40. The van der Waals surface area contributed by atoms with Gasteiger partial charge in [0.25, 0.3) is 5.91 Å². The fraction of sp³-hybridized carbons (Fsp3) is 0.467. The van der Waals surface area contributed by atoms with Crippen LogP contribution in [0.1, 0.15) is 30.6 Å². The van der Waals surface area contributed by atoms with Crippen molar-refractivity contribution in [3.8, 4) is 0 Å². The maximum absolute atomic E-state index is 12.6. The first-order chi connectivity index (χ1) is 10.3. The number of hydrogen-bond acceptors (Lipinski definition) is 4. The van der Waals surface area contributed by atoms with E-state index in [1.807, 2.05) is 6.92 Å². The number of rotatable bonds is 4. The molecule has 1 aromatic rings. The van der Waals surface area contributed by atoms with Crippen molar-refractivity contribution in [2.24, 2.45) is 0 Å². The molecule has 1 heterocycles. The summed E-state index contributed by atoms with van der Waals surface area (Å²) >= 11 is 0. The highest BCUT2D eigenvalue weighted by Gasteiger charge is 2.34. The van der Waals surface area contributed by atoms with Gasteiger partial charge in [0.1, 0.15) is 0 Å². The Kier molecular flexibility index (Phi) is 4.85. The SMILES string of the molecule is CCN(C(=O)c1cccc(NC(C)=O)c1)C1CCS(=O)(=O)C1. The minimum Gasteiger partial charge on any atom is -0.335 e. The lowest BCUT2D eigenvalue weighted by atomic mass is 10.1. The Hall–Kier alpha value is -1.89. The fourth-order valence-electron chi connectivity index (χ4n) is 2.69. The molecule has 0 bridgehead atoms. The van der Waals surface area contributed by atoms with E-state index in [2.05, 4.69) is 5.32 Å². The van der Waals surface area contributed by atoms with Crippen LogP contribution >= 0.6 is 0 Å². The molecular formula is C15H20N2O4S. The highest BCUT2D eigenvalue weighted by Crippen LogP contribution is 2.21. The first-order valence-electron chi connectivity index (χ1n) is 7.21. The number of nitrogens with one attached hydrogen (secondary N) is 1. The lowest BCUT2D eigenvalue weighted by Crippen LogP contribution is -2.41. The Morgan fingerprint density at radius 2 is 2.09 bits per heavy atom. The van der Waals surface area contributed by atoms with Gasteiger partial charge in [0.15, 0.2) is 9.84 Å². The number of sulfone groups is 1. The van der Waals surface area contributed by atoms with Gasteiger partial charge in [0.2, 0.25) is 5.91 Å². The van der Waals surface area contributed by atoms with Crippen molar-refractivity contribution in [2.75, 3.05) is 23.4 Å². The van der Waals surface area contributed by atoms with Gasteiger partial charge < -0.3 is 10.2 Å². The fourth-order valence-corrected chi connectivity index (χ4v) is 4.42. The summed E-state index contributed by atoms with van der Waals surface area (Å²) in [4.78, 5) is 25.3. The maximum atomic E-state index is 12.6. The zero-order valence-electron chi connectivity index (χ0n) is 12.7. The Labute approximate surface area is 130 Å². The van der Waals surface area contributed by atoms with Crippen LogP contribution in [0.2, 0.25) is 0 Å². The quantitative estimate of drug-likeness (QED) is 0.905. The third-order valence-corrected chi connectivity index (χ3v) is 5.43. The number of anilines is 1. The van der Waals surface area contributed by atoms with Gasteiger partial charge in [0.05, 0.1) is 11.5 Å². The van der Waals surface area contributed by atoms with Crippen molar-refractivity contribution >= 4 is 27.3 Å². The average molecular weight is 324 g/mol. The van der Waals surface area contributed by atoms with Gasteiger partial charge in [-0.05, 0) is 31.5 Å². The molecule has 0 saturated carbocycles. The van der Waals surface area contributed by atoms with E-state index >= 15 is 0 Å². The molecule has 7 heteroatoms. The van der Waals surface area contributed by atoms with Crippen LogP contribution in [0.15, 0.2) is 24.3 Å². The van der Waals surface area contributed by atoms with Crippen molar-refractivity contribution in [2.45, 2.75) is 26.3 Å². The molecule has 6 nitrogen and oxygen atoms in total. The minimum absolute atomic E-state index is 0.0258. The number of carbonyl (C=O) groups excluding carboxylic acids is 2. The number of hydrogen-bond donors (Lipinski definition) is 1. The second kappa shape index (κ2) is 6.48. The summed E-state index contributed by atoms with van der Waals surface area (Å²) < 4.78 is 23.2. The first kappa shape index (κ1) is 16.5. The van der Waals surface area contributed by atoms with E-state index in [1.165, 1.54) is 6.92 Å². The molecule has 0 radical (unpaired) electrons. The molecule has 1 aliphatic heterocycles. The Morgan fingerprint density at radius 3 is 2.64 bits per heavy atom. The zero-order valence-corrected chi connectivity index (χ0v) is 13.5. The van der Waals surface area contributed by atoms with E-state index in [9.17, 15) is 18.0 Å². The average Bonchev–Trinajstić information content (AvgIpc) is 2.79. The van der Waals surface area contributed by atoms with Crippen LogP contribution in [0.3, 0.4) is 0 Å². The highest BCUT2D eigenvalue weighted by atomic mass is 32.2. The summed E-state index contributed by atoms with van der Waals surface area (Å²) in [5.41, 5.74) is 0.992. The van der Waals surface area contributed by atoms with Crippen molar-refractivity contribution in [3.05, 3.63) is 29.8 Å². The predicted octanol–water partition coefficient (Wildman–Crippen LogP) is 1.29. The molecule has 0 aromatic heterocycles. The van der Waals surface area contributed by atoms with Gasteiger partial charge in [-0.1, -0.05) is 6.07 Å². The topological polar surface area (TPSA) is 83.6 Å². The molecule has 22 heavy (non-hydrogen) atoms. The van der Waals surface area contributed by atoms with Gasteiger partial charge in [0, 0.05) is 30.8 Å². The van der Waals surface area contributed by atoms with Crippen LogP contribution in [-0.4, -0.2) is 49.2 Å². The van der Waals surface area contributed by atoms with E-state index in [0.29, 0.717) is 24.2 Å². The summed E-state index contributed by atoms with van der Waals surface area (Å²) in [7, 11) is -3.04. The van der Waals surface area contributed by atoms with Gasteiger partial charge in [-0.25, -0.2) is 8.42 Å². The summed E-state index contributed by atoms with van der Waals surface area (Å²) in [5.74, 6) is -0.263. The van der Waals surface area contributed by atoms with E-state index in [-0.39, 0.29) is 29.4 Å². The molecule has 120 valence electrons. The highest BCUT2D eigenvalue weighted by molar-refractivity contribution is 7.91. The van der Waals surface area contributed by atoms with Crippen LogP contribution in [0.4, 0.5) is 5.69 Å². The molecule has 2 amide bonds. The monoisotopic (exact) mass is 324 g/mol. The number of amides is 2. The van der Waals surface area contributed by atoms with Crippen LogP contribution in [0, 0.1) is 0 Å². The third kappa shape index (κ3) is 3.85. The Morgan fingerprint density at radius 1 is 1.36 bits per heavy atom. The lowest BCUT2D eigenvalue weighted by molar-refractivity contribution is -0.114. The third-order valence-electron chi connectivity index (χ3n) is 3.68. The molecule has 1 aromatic carbocycles. The van der Waals surface area contributed by atoms with Crippen molar-refractivity contribution in [1.82, 2.24) is 4.90 Å². The van der Waals surface area contributed by atoms with E-state index in [1.54, 1.807) is 29.2 Å². The summed E-state index contributed by atoms with van der Waals surface area (Å²) in [5, 5.41) is 2.63. The molecule has 0 spiro atoms. The van der Waals surface area contributed by atoms with Gasteiger partial charge in [-0.15, -0.1) is 0 Å². The van der Waals surface area contributed by atoms with E-state index in [4.69, 9.17) is 0 Å². The number of nitrogens with zero attached hydrogens (tertiary/aromatic N) is 1. The second-order valence-electron chi connectivity index (χ2n) is 5.41. The van der Waals surface area contributed by atoms with E-state index < -0.39 is 9.84 Å². The molecule has 1 fully saturated rings. The second-order valence-corrected chi connectivity index (χ2v) is 7.64. The van der Waals surface area contributed by atoms with Crippen LogP contribution < -0.4 is 5.32 Å². The predicted molar refractivity (Wildman–Crippen MR) is 84.5 cm³/mol.